The van der Waals surface area contributed by atoms with Gasteiger partial charge in [-0.25, -0.2) is 14.2 Å². The van der Waals surface area contributed by atoms with Crippen LogP contribution in [0, 0.1) is 5.82 Å². The number of carbonyl (C=O) groups is 1. The molecule has 7 nitrogen and oxygen atoms in total. The van der Waals surface area contributed by atoms with Crippen LogP contribution in [0.5, 0.6) is 0 Å². The zero-order chi connectivity index (χ0) is 16.1. The SMILES string of the molecule is O=C(NCCc1coc(-c2ccc(F)cc2)n1)NC1CNNC1. The van der Waals surface area contributed by atoms with Crippen molar-refractivity contribution in [3.63, 3.8) is 0 Å². The van der Waals surface area contributed by atoms with Gasteiger partial charge in [0, 0.05) is 31.6 Å². The molecule has 2 heterocycles. The van der Waals surface area contributed by atoms with Gasteiger partial charge in [-0.05, 0) is 24.3 Å². The Morgan fingerprint density at radius 1 is 1.30 bits per heavy atom. The highest BCUT2D eigenvalue weighted by Crippen LogP contribution is 2.18. The summed E-state index contributed by atoms with van der Waals surface area (Å²) in [7, 11) is 0. The van der Waals surface area contributed by atoms with Crippen LogP contribution >= 0.6 is 0 Å². The molecule has 1 fully saturated rings. The summed E-state index contributed by atoms with van der Waals surface area (Å²) < 4.78 is 18.3. The molecule has 1 aliphatic heterocycles. The molecule has 2 aromatic rings. The van der Waals surface area contributed by atoms with Gasteiger partial charge in [-0.1, -0.05) is 0 Å². The van der Waals surface area contributed by atoms with Crippen LogP contribution in [0.1, 0.15) is 5.69 Å². The number of halogens is 1. The molecular weight excluding hydrogens is 301 g/mol. The fourth-order valence-corrected chi connectivity index (χ4v) is 2.25. The number of nitrogens with one attached hydrogen (secondary N) is 4. The molecule has 0 bridgehead atoms. The highest BCUT2D eigenvalue weighted by atomic mass is 19.1. The number of benzene rings is 1. The summed E-state index contributed by atoms with van der Waals surface area (Å²) in [5, 5.41) is 5.62. The van der Waals surface area contributed by atoms with Crippen molar-refractivity contribution < 1.29 is 13.6 Å². The van der Waals surface area contributed by atoms with Crippen LogP contribution in [-0.4, -0.2) is 36.7 Å². The van der Waals surface area contributed by atoms with Gasteiger partial charge >= 0.3 is 6.03 Å². The van der Waals surface area contributed by atoms with Crippen LogP contribution in [0.25, 0.3) is 11.5 Å². The number of hydrogen-bond donors (Lipinski definition) is 4. The number of oxazole rings is 1. The van der Waals surface area contributed by atoms with E-state index in [0.717, 1.165) is 5.69 Å². The summed E-state index contributed by atoms with van der Waals surface area (Å²) in [5.74, 6) is 0.135. The predicted molar refractivity (Wildman–Crippen MR) is 81.9 cm³/mol. The van der Waals surface area contributed by atoms with E-state index in [2.05, 4.69) is 26.5 Å². The normalized spacial score (nSPS) is 14.8. The maximum Gasteiger partial charge on any atom is 0.315 e. The van der Waals surface area contributed by atoms with Crippen molar-refractivity contribution >= 4 is 6.03 Å². The second-order valence-corrected chi connectivity index (χ2v) is 5.26. The molecule has 2 amide bonds. The third-order valence-electron chi connectivity index (χ3n) is 3.47. The second kappa shape index (κ2) is 7.21. The summed E-state index contributed by atoms with van der Waals surface area (Å²) in [6.45, 7) is 1.87. The van der Waals surface area contributed by atoms with Crippen molar-refractivity contribution in [1.82, 2.24) is 26.5 Å². The van der Waals surface area contributed by atoms with E-state index in [-0.39, 0.29) is 17.9 Å². The molecule has 1 saturated heterocycles. The summed E-state index contributed by atoms with van der Waals surface area (Å²) in [5.41, 5.74) is 7.33. The molecule has 23 heavy (non-hydrogen) atoms. The van der Waals surface area contributed by atoms with E-state index >= 15 is 0 Å². The van der Waals surface area contributed by atoms with Crippen LogP contribution < -0.4 is 21.5 Å². The maximum atomic E-state index is 12.9. The highest BCUT2D eigenvalue weighted by Gasteiger charge is 2.16. The van der Waals surface area contributed by atoms with Crippen LogP contribution in [0.4, 0.5) is 9.18 Å². The average molecular weight is 319 g/mol. The largest absolute Gasteiger partial charge is 0.444 e. The second-order valence-electron chi connectivity index (χ2n) is 5.26. The minimum absolute atomic E-state index is 0.0899. The Morgan fingerprint density at radius 2 is 2.04 bits per heavy atom. The van der Waals surface area contributed by atoms with E-state index < -0.39 is 0 Å². The van der Waals surface area contributed by atoms with E-state index in [0.29, 0.717) is 37.5 Å². The standard InChI is InChI=1S/C15H18FN5O2/c16-11-3-1-10(2-4-11)14-20-12(9-23-14)5-6-17-15(22)21-13-7-18-19-8-13/h1-4,9,13,18-19H,5-8H2,(H2,17,21,22). The smallest absolute Gasteiger partial charge is 0.315 e. The molecule has 0 aliphatic carbocycles. The zero-order valence-electron chi connectivity index (χ0n) is 12.4. The van der Waals surface area contributed by atoms with Crippen molar-refractivity contribution in [3.05, 3.63) is 42.0 Å². The Bertz CT molecular complexity index is 652. The molecule has 0 radical (unpaired) electrons. The molecule has 8 heteroatoms. The van der Waals surface area contributed by atoms with Crippen molar-refractivity contribution in [2.45, 2.75) is 12.5 Å². The highest BCUT2D eigenvalue weighted by molar-refractivity contribution is 5.74. The lowest BCUT2D eigenvalue weighted by Gasteiger charge is -2.11. The number of hydrogen-bond acceptors (Lipinski definition) is 5. The first-order valence-electron chi connectivity index (χ1n) is 7.41. The molecule has 0 spiro atoms. The lowest BCUT2D eigenvalue weighted by Crippen LogP contribution is -2.44. The molecule has 3 rings (SSSR count). The third-order valence-corrected chi connectivity index (χ3v) is 3.47. The van der Waals surface area contributed by atoms with E-state index in [1.165, 1.54) is 12.1 Å². The Labute approximate surface area is 132 Å². The number of rotatable bonds is 5. The van der Waals surface area contributed by atoms with E-state index in [9.17, 15) is 9.18 Å². The molecule has 1 aliphatic rings. The monoisotopic (exact) mass is 319 g/mol. The van der Waals surface area contributed by atoms with Crippen molar-refractivity contribution in [1.29, 1.82) is 0 Å². The van der Waals surface area contributed by atoms with Crippen molar-refractivity contribution in [2.75, 3.05) is 19.6 Å². The summed E-state index contributed by atoms with van der Waals surface area (Å²) in [6.07, 6.45) is 2.10. The van der Waals surface area contributed by atoms with E-state index in [1.54, 1.807) is 18.4 Å². The van der Waals surface area contributed by atoms with Gasteiger partial charge in [0.25, 0.3) is 0 Å². The van der Waals surface area contributed by atoms with Gasteiger partial charge in [0.15, 0.2) is 0 Å². The lowest BCUT2D eigenvalue weighted by atomic mass is 10.2. The van der Waals surface area contributed by atoms with Gasteiger partial charge in [-0.15, -0.1) is 0 Å². The average Bonchev–Trinajstić information content (AvgIpc) is 3.20. The van der Waals surface area contributed by atoms with Gasteiger partial charge in [0.1, 0.15) is 12.1 Å². The van der Waals surface area contributed by atoms with Crippen LogP contribution in [0.2, 0.25) is 0 Å². The molecule has 0 saturated carbocycles. The summed E-state index contributed by atoms with van der Waals surface area (Å²) >= 11 is 0. The maximum absolute atomic E-state index is 12.9. The van der Waals surface area contributed by atoms with E-state index in [1.807, 2.05) is 0 Å². The number of amides is 2. The van der Waals surface area contributed by atoms with Gasteiger partial charge < -0.3 is 15.1 Å². The number of aromatic nitrogens is 1. The first-order valence-corrected chi connectivity index (χ1v) is 7.41. The minimum atomic E-state index is -0.302. The molecular formula is C15H18FN5O2. The van der Waals surface area contributed by atoms with Crippen LogP contribution in [0.15, 0.2) is 34.9 Å². The van der Waals surface area contributed by atoms with Crippen molar-refractivity contribution in [2.24, 2.45) is 0 Å². The topological polar surface area (TPSA) is 91.2 Å². The predicted octanol–water partition coefficient (Wildman–Crippen LogP) is 0.799. The molecule has 4 N–H and O–H groups in total. The fourth-order valence-electron chi connectivity index (χ4n) is 2.25. The van der Waals surface area contributed by atoms with Crippen LogP contribution in [0.3, 0.4) is 0 Å². The molecule has 122 valence electrons. The zero-order valence-corrected chi connectivity index (χ0v) is 12.4. The number of nitrogens with zero attached hydrogens (tertiary/aromatic N) is 1. The minimum Gasteiger partial charge on any atom is -0.444 e. The summed E-state index contributed by atoms with van der Waals surface area (Å²) in [4.78, 5) is 16.0. The fraction of sp³-hybridized carbons (Fsp3) is 0.333. The molecule has 1 aromatic carbocycles. The summed E-state index contributed by atoms with van der Waals surface area (Å²) in [6, 6.07) is 5.82. The Hall–Kier alpha value is -2.45. The van der Waals surface area contributed by atoms with E-state index in [4.69, 9.17) is 4.42 Å². The van der Waals surface area contributed by atoms with Crippen LogP contribution in [-0.2, 0) is 6.42 Å². The molecule has 0 unspecified atom stereocenters. The lowest BCUT2D eigenvalue weighted by molar-refractivity contribution is 0.238. The van der Waals surface area contributed by atoms with Gasteiger partial charge in [0.2, 0.25) is 5.89 Å². The Morgan fingerprint density at radius 3 is 2.78 bits per heavy atom. The Balaban J connectivity index is 1.45. The van der Waals surface area contributed by atoms with Gasteiger partial charge in [-0.3, -0.25) is 10.9 Å². The van der Waals surface area contributed by atoms with Gasteiger partial charge in [0.05, 0.1) is 11.7 Å². The number of urea groups is 1. The molecule has 0 atom stereocenters. The third kappa shape index (κ3) is 4.27. The number of hydrazine groups is 1. The quantitative estimate of drug-likeness (QED) is 0.654. The molecule has 1 aromatic heterocycles. The first kappa shape index (κ1) is 15.4. The first-order chi connectivity index (χ1) is 11.2. The number of carbonyl (C=O) groups excluding carboxylic acids is 1. The Kier molecular flexibility index (Phi) is 4.84. The van der Waals surface area contributed by atoms with Crippen molar-refractivity contribution in [3.8, 4) is 11.5 Å². The van der Waals surface area contributed by atoms with Gasteiger partial charge in [-0.2, -0.15) is 0 Å².